The summed E-state index contributed by atoms with van der Waals surface area (Å²) in [5.74, 6) is 0.867. The first-order chi connectivity index (χ1) is 13.6. The summed E-state index contributed by atoms with van der Waals surface area (Å²) in [6, 6.07) is 13.0. The van der Waals surface area contributed by atoms with Crippen LogP contribution in [0.25, 0.3) is 6.08 Å². The van der Waals surface area contributed by atoms with Crippen molar-refractivity contribution in [3.05, 3.63) is 58.6 Å². The maximum absolute atomic E-state index is 12.2. The lowest BCUT2D eigenvalue weighted by Crippen LogP contribution is -2.35. The summed E-state index contributed by atoms with van der Waals surface area (Å²) >= 11 is 0. The van der Waals surface area contributed by atoms with Crippen molar-refractivity contribution in [2.75, 3.05) is 20.3 Å². The van der Waals surface area contributed by atoms with Gasteiger partial charge in [0.05, 0.1) is 31.4 Å². The molecule has 0 saturated carbocycles. The third-order valence-electron chi connectivity index (χ3n) is 4.54. The van der Waals surface area contributed by atoms with E-state index in [0.29, 0.717) is 37.1 Å². The molecule has 0 radical (unpaired) electrons. The zero-order chi connectivity index (χ0) is 19.9. The predicted octanol–water partition coefficient (Wildman–Crippen LogP) is 1.40. The smallest absolute Gasteiger partial charge is 0.253 e. The van der Waals surface area contributed by atoms with Crippen molar-refractivity contribution in [3.8, 4) is 11.5 Å². The number of benzene rings is 2. The second-order valence-corrected chi connectivity index (χ2v) is 6.54. The third kappa shape index (κ3) is 4.97. The Bertz CT molecular complexity index is 967. The molecule has 0 spiro atoms. The van der Waals surface area contributed by atoms with E-state index in [0.717, 1.165) is 16.5 Å². The second-order valence-electron chi connectivity index (χ2n) is 6.54. The van der Waals surface area contributed by atoms with Crippen molar-refractivity contribution < 1.29 is 19.1 Å². The van der Waals surface area contributed by atoms with Gasteiger partial charge in [0.15, 0.2) is 0 Å². The van der Waals surface area contributed by atoms with Crippen LogP contribution in [0, 0.1) is 5.92 Å². The molecule has 1 aliphatic rings. The molecule has 2 amide bonds. The predicted molar refractivity (Wildman–Crippen MR) is 106 cm³/mol. The molecular weight excluding hydrogens is 356 g/mol. The Hall–Kier alpha value is -3.15. The average Bonchev–Trinajstić information content (AvgIpc) is 2.69. The van der Waals surface area contributed by atoms with Gasteiger partial charge in [0.1, 0.15) is 11.5 Å². The summed E-state index contributed by atoms with van der Waals surface area (Å²) in [5.41, 5.74) is 0.916. The molecule has 3 rings (SSSR count). The summed E-state index contributed by atoms with van der Waals surface area (Å²) in [7, 11) is 1.58. The number of methoxy groups -OCH3 is 1. The van der Waals surface area contributed by atoms with Gasteiger partial charge in [0, 0.05) is 12.6 Å². The van der Waals surface area contributed by atoms with Gasteiger partial charge in [-0.15, -0.1) is 0 Å². The average molecular weight is 380 g/mol. The van der Waals surface area contributed by atoms with E-state index in [2.05, 4.69) is 10.3 Å². The number of carbonyl (C=O) groups excluding carboxylic acids is 2. The van der Waals surface area contributed by atoms with Crippen LogP contribution in [0.5, 0.6) is 11.5 Å². The van der Waals surface area contributed by atoms with Crippen LogP contribution in [0.2, 0.25) is 0 Å². The Labute approximate surface area is 163 Å². The quantitative estimate of drug-likeness (QED) is 0.751. The fourth-order valence-electron chi connectivity index (χ4n) is 3.07. The number of nitrogens with one attached hydrogen (secondary N) is 1. The molecule has 6 nitrogen and oxygen atoms in total. The lowest BCUT2D eigenvalue weighted by atomic mass is 10.00. The minimum atomic E-state index is -0.327. The highest BCUT2D eigenvalue weighted by Gasteiger charge is 2.18. The molecule has 1 heterocycles. The van der Waals surface area contributed by atoms with E-state index in [1.54, 1.807) is 13.2 Å². The molecule has 1 aliphatic heterocycles. The Balaban J connectivity index is 1.52. The number of hydrogen-bond acceptors (Lipinski definition) is 4. The number of amides is 2. The third-order valence-corrected chi connectivity index (χ3v) is 4.54. The number of hydrogen-bond donors (Lipinski definition) is 1. The minimum Gasteiger partial charge on any atom is -0.497 e. The molecular formula is C22H24N2O4. The van der Waals surface area contributed by atoms with Gasteiger partial charge in [0.2, 0.25) is 5.91 Å². The zero-order valence-corrected chi connectivity index (χ0v) is 16.1. The molecule has 28 heavy (non-hydrogen) atoms. The molecule has 0 aliphatic carbocycles. The van der Waals surface area contributed by atoms with Crippen LogP contribution < -0.4 is 25.4 Å². The fourth-order valence-corrected chi connectivity index (χ4v) is 3.07. The lowest BCUT2D eigenvalue weighted by molar-refractivity contribution is -0.122. The molecule has 0 saturated heterocycles. The maximum atomic E-state index is 12.2. The lowest BCUT2D eigenvalue weighted by Gasteiger charge is -2.13. The molecule has 0 fully saturated rings. The Morgan fingerprint density at radius 3 is 2.61 bits per heavy atom. The van der Waals surface area contributed by atoms with Gasteiger partial charge < -0.3 is 14.8 Å². The van der Waals surface area contributed by atoms with Gasteiger partial charge in [-0.3, -0.25) is 9.59 Å². The van der Waals surface area contributed by atoms with Gasteiger partial charge in [-0.25, -0.2) is 4.99 Å². The van der Waals surface area contributed by atoms with E-state index >= 15 is 0 Å². The van der Waals surface area contributed by atoms with Gasteiger partial charge in [0.25, 0.3) is 5.91 Å². The molecule has 0 bridgehead atoms. The fraction of sp³-hybridized carbons (Fsp3) is 0.318. The van der Waals surface area contributed by atoms with E-state index in [1.807, 2.05) is 49.4 Å². The highest BCUT2D eigenvalue weighted by atomic mass is 16.5. The number of rotatable bonds is 8. The van der Waals surface area contributed by atoms with Crippen molar-refractivity contribution >= 4 is 17.9 Å². The maximum Gasteiger partial charge on any atom is 0.253 e. The summed E-state index contributed by atoms with van der Waals surface area (Å²) in [5, 5.41) is 4.41. The van der Waals surface area contributed by atoms with E-state index in [1.165, 1.54) is 0 Å². The Morgan fingerprint density at radius 2 is 1.89 bits per heavy atom. The molecule has 2 aromatic rings. The minimum absolute atomic E-state index is 0.0745. The monoisotopic (exact) mass is 380 g/mol. The van der Waals surface area contributed by atoms with Crippen molar-refractivity contribution in [1.29, 1.82) is 0 Å². The highest BCUT2D eigenvalue weighted by molar-refractivity contribution is 5.86. The van der Waals surface area contributed by atoms with Gasteiger partial charge in [-0.1, -0.05) is 18.2 Å². The Kier molecular flexibility index (Phi) is 6.42. The first-order valence-electron chi connectivity index (χ1n) is 9.36. The molecule has 6 heteroatoms. The van der Waals surface area contributed by atoms with Crippen molar-refractivity contribution in [2.24, 2.45) is 10.9 Å². The van der Waals surface area contributed by atoms with Crippen LogP contribution >= 0.6 is 0 Å². The molecule has 1 atom stereocenters. The molecule has 1 N–H and O–H groups in total. The first kappa shape index (κ1) is 19.6. The van der Waals surface area contributed by atoms with E-state index in [-0.39, 0.29) is 17.7 Å². The normalized spacial score (nSPS) is 15.1. The Morgan fingerprint density at radius 1 is 1.14 bits per heavy atom. The van der Waals surface area contributed by atoms with Crippen LogP contribution in [-0.4, -0.2) is 32.1 Å². The standard InChI is InChI=1S/C22H24N2O4/c1-3-28-18-7-4-15(5-8-18)12-21(25)23-11-10-17-13-16-6-9-19(27-2)14-20(16)24-22(17)26/h4-9,13-14,17H,3,10-12H2,1-2H3,(H,23,25). The SMILES string of the molecule is CCOc1ccc(CC(=O)NCCC2C=c3ccc(OC)cc3=NC2=O)cc1. The molecule has 1 unspecified atom stereocenters. The van der Waals surface area contributed by atoms with E-state index in [4.69, 9.17) is 9.47 Å². The molecule has 2 aromatic carbocycles. The number of fused-ring (bicyclic) bond motifs is 1. The number of carbonyl (C=O) groups is 2. The van der Waals surface area contributed by atoms with Crippen LogP contribution in [0.3, 0.4) is 0 Å². The summed E-state index contributed by atoms with van der Waals surface area (Å²) in [6.07, 6.45) is 2.72. The molecule has 0 aromatic heterocycles. The molecule has 146 valence electrons. The highest BCUT2D eigenvalue weighted by Crippen LogP contribution is 2.13. The van der Waals surface area contributed by atoms with Crippen LogP contribution in [0.15, 0.2) is 47.5 Å². The van der Waals surface area contributed by atoms with Gasteiger partial charge >= 0.3 is 0 Å². The van der Waals surface area contributed by atoms with E-state index < -0.39 is 0 Å². The van der Waals surface area contributed by atoms with Crippen molar-refractivity contribution in [1.82, 2.24) is 5.32 Å². The largest absolute Gasteiger partial charge is 0.497 e. The van der Waals surface area contributed by atoms with Gasteiger partial charge in [-0.2, -0.15) is 0 Å². The first-order valence-corrected chi connectivity index (χ1v) is 9.36. The second kappa shape index (κ2) is 9.17. The van der Waals surface area contributed by atoms with E-state index in [9.17, 15) is 9.59 Å². The van der Waals surface area contributed by atoms with Crippen LogP contribution in [0.4, 0.5) is 0 Å². The van der Waals surface area contributed by atoms with Crippen molar-refractivity contribution in [3.63, 3.8) is 0 Å². The zero-order valence-electron chi connectivity index (χ0n) is 16.1. The van der Waals surface area contributed by atoms with Crippen LogP contribution in [-0.2, 0) is 16.0 Å². The number of nitrogens with zero attached hydrogens (tertiary/aromatic N) is 1. The number of ether oxygens (including phenoxy) is 2. The summed E-state index contributed by atoms with van der Waals surface area (Å²) in [4.78, 5) is 28.5. The summed E-state index contributed by atoms with van der Waals surface area (Å²) in [6.45, 7) is 2.96. The topological polar surface area (TPSA) is 77.0 Å². The van der Waals surface area contributed by atoms with Gasteiger partial charge in [-0.05, 0) is 48.4 Å². The van der Waals surface area contributed by atoms with Crippen molar-refractivity contribution in [2.45, 2.75) is 19.8 Å². The summed E-state index contributed by atoms with van der Waals surface area (Å²) < 4.78 is 10.6. The van der Waals surface area contributed by atoms with Crippen LogP contribution in [0.1, 0.15) is 18.9 Å².